The molecule has 98 valence electrons. The summed E-state index contributed by atoms with van der Waals surface area (Å²) in [5.41, 5.74) is 2.04. The van der Waals surface area contributed by atoms with Crippen molar-refractivity contribution < 1.29 is 0 Å². The number of unbranched alkanes of at least 4 members (excludes halogenated alkanes) is 1. The number of rotatable bonds is 4. The number of aryl methyl sites for hydroxylation is 2. The Kier molecular flexibility index (Phi) is 5.86. The van der Waals surface area contributed by atoms with Crippen molar-refractivity contribution in [2.45, 2.75) is 40.2 Å². The summed E-state index contributed by atoms with van der Waals surface area (Å²) >= 11 is 6.06. The number of hydrogen-bond donors (Lipinski definition) is 0. The summed E-state index contributed by atoms with van der Waals surface area (Å²) in [6.07, 6.45) is 7.59. The van der Waals surface area contributed by atoms with Crippen LogP contribution < -0.4 is 0 Å². The number of aromatic nitrogens is 3. The molecule has 0 saturated heterocycles. The van der Waals surface area contributed by atoms with Crippen molar-refractivity contribution in [2.75, 3.05) is 0 Å². The molecule has 2 heterocycles. The summed E-state index contributed by atoms with van der Waals surface area (Å²) < 4.78 is 2.13. The van der Waals surface area contributed by atoms with Crippen LogP contribution in [0.15, 0.2) is 25.2 Å². The molecule has 0 N–H and O–H groups in total. The van der Waals surface area contributed by atoms with Crippen LogP contribution >= 0.6 is 11.6 Å². The largest absolute Gasteiger partial charge is 0.332 e. The molecule has 0 unspecified atom stereocenters. The smallest absolute Gasteiger partial charge is 0.145 e. The Hall–Kier alpha value is -1.35. The minimum atomic E-state index is 0.532. The van der Waals surface area contributed by atoms with Crippen molar-refractivity contribution in [3.05, 3.63) is 35.9 Å². The Bertz CT molecular complexity index is 517. The zero-order valence-corrected chi connectivity index (χ0v) is 12.0. The van der Waals surface area contributed by atoms with Crippen molar-refractivity contribution >= 4 is 22.6 Å². The highest BCUT2D eigenvalue weighted by Crippen LogP contribution is 2.24. The fourth-order valence-corrected chi connectivity index (χ4v) is 2.13. The fraction of sp³-hybridized carbons (Fsp3) is 0.429. The Labute approximate surface area is 114 Å². The molecule has 0 aliphatic rings. The van der Waals surface area contributed by atoms with Crippen LogP contribution in [0.2, 0.25) is 5.15 Å². The van der Waals surface area contributed by atoms with Gasteiger partial charge in [-0.15, -0.1) is 6.58 Å². The van der Waals surface area contributed by atoms with Crippen LogP contribution in [0, 0.1) is 6.92 Å². The second kappa shape index (κ2) is 7.17. The lowest BCUT2D eigenvalue weighted by atomic mass is 10.3. The Morgan fingerprint density at radius 2 is 2.11 bits per heavy atom. The summed E-state index contributed by atoms with van der Waals surface area (Å²) in [5, 5.41) is 1.49. The van der Waals surface area contributed by atoms with E-state index in [1.165, 1.54) is 6.33 Å². The first-order valence-corrected chi connectivity index (χ1v) is 6.68. The van der Waals surface area contributed by atoms with Gasteiger partial charge in [0, 0.05) is 12.7 Å². The third-order valence-electron chi connectivity index (χ3n) is 2.60. The lowest BCUT2D eigenvalue weighted by molar-refractivity contribution is 0.665. The van der Waals surface area contributed by atoms with Gasteiger partial charge in [-0.3, -0.25) is 0 Å². The first kappa shape index (κ1) is 14.7. The van der Waals surface area contributed by atoms with E-state index < -0.39 is 0 Å². The SMILES string of the molecule is C=CCCCn1cc(C)c2c(Cl)ncnc21.CC. The van der Waals surface area contributed by atoms with E-state index in [9.17, 15) is 0 Å². The maximum absolute atomic E-state index is 6.06. The van der Waals surface area contributed by atoms with Crippen LogP contribution in [0.5, 0.6) is 0 Å². The van der Waals surface area contributed by atoms with Crippen LogP contribution in [-0.4, -0.2) is 14.5 Å². The van der Waals surface area contributed by atoms with Crippen molar-refractivity contribution in [3.63, 3.8) is 0 Å². The monoisotopic (exact) mass is 265 g/mol. The second-order valence-corrected chi connectivity index (χ2v) is 4.16. The average Bonchev–Trinajstić information content (AvgIpc) is 2.71. The van der Waals surface area contributed by atoms with E-state index >= 15 is 0 Å². The van der Waals surface area contributed by atoms with E-state index in [-0.39, 0.29) is 0 Å². The molecule has 2 aromatic heterocycles. The van der Waals surface area contributed by atoms with Gasteiger partial charge in [0.15, 0.2) is 0 Å². The molecule has 0 amide bonds. The van der Waals surface area contributed by atoms with Gasteiger partial charge in [-0.1, -0.05) is 31.5 Å². The first-order chi connectivity index (χ1) is 8.74. The van der Waals surface area contributed by atoms with Gasteiger partial charge in [0.05, 0.1) is 5.39 Å². The van der Waals surface area contributed by atoms with Gasteiger partial charge >= 0.3 is 0 Å². The third-order valence-corrected chi connectivity index (χ3v) is 2.89. The molecule has 0 atom stereocenters. The molecule has 0 spiro atoms. The molecular formula is C14H20ClN3. The number of halogens is 1. The molecule has 2 rings (SSSR count). The summed E-state index contributed by atoms with van der Waals surface area (Å²) in [4.78, 5) is 8.29. The molecule has 0 radical (unpaired) electrons. The van der Waals surface area contributed by atoms with Gasteiger partial charge in [0.2, 0.25) is 0 Å². The molecular weight excluding hydrogens is 246 g/mol. The Balaban J connectivity index is 0.000000771. The maximum Gasteiger partial charge on any atom is 0.145 e. The first-order valence-electron chi connectivity index (χ1n) is 6.31. The Morgan fingerprint density at radius 1 is 1.39 bits per heavy atom. The van der Waals surface area contributed by atoms with Gasteiger partial charge in [0.25, 0.3) is 0 Å². The van der Waals surface area contributed by atoms with E-state index in [1.54, 1.807) is 0 Å². The highest BCUT2D eigenvalue weighted by Gasteiger charge is 2.10. The van der Waals surface area contributed by atoms with Crippen molar-refractivity contribution in [3.8, 4) is 0 Å². The fourth-order valence-electron chi connectivity index (χ4n) is 1.85. The number of fused-ring (bicyclic) bond motifs is 1. The molecule has 0 fully saturated rings. The standard InChI is InChI=1S/C12H14ClN3.C2H6/c1-3-4-5-6-16-7-9(2)10-11(13)14-8-15-12(10)16;1-2/h3,7-8H,1,4-6H2,2H3;1-2H3. The number of allylic oxidation sites excluding steroid dienone is 1. The van der Waals surface area contributed by atoms with Crippen LogP contribution in [-0.2, 0) is 6.54 Å². The normalized spacial score (nSPS) is 10.0. The molecule has 18 heavy (non-hydrogen) atoms. The maximum atomic E-state index is 6.06. The van der Waals surface area contributed by atoms with Crippen LogP contribution in [0.3, 0.4) is 0 Å². The summed E-state index contributed by atoms with van der Waals surface area (Å²) in [7, 11) is 0. The summed E-state index contributed by atoms with van der Waals surface area (Å²) in [6, 6.07) is 0. The van der Waals surface area contributed by atoms with Crippen molar-refractivity contribution in [2.24, 2.45) is 0 Å². The third kappa shape index (κ3) is 3.10. The minimum Gasteiger partial charge on any atom is -0.332 e. The van der Waals surface area contributed by atoms with Crippen molar-refractivity contribution in [1.29, 1.82) is 0 Å². The lowest BCUT2D eigenvalue weighted by Gasteiger charge is -2.02. The zero-order valence-electron chi connectivity index (χ0n) is 11.3. The quantitative estimate of drug-likeness (QED) is 0.466. The van der Waals surface area contributed by atoms with E-state index in [0.717, 1.165) is 36.0 Å². The molecule has 0 aromatic carbocycles. The molecule has 0 saturated carbocycles. The van der Waals surface area contributed by atoms with Crippen LogP contribution in [0.25, 0.3) is 11.0 Å². The van der Waals surface area contributed by atoms with E-state index in [4.69, 9.17) is 11.6 Å². The number of hydrogen-bond acceptors (Lipinski definition) is 2. The van der Waals surface area contributed by atoms with Crippen LogP contribution in [0.4, 0.5) is 0 Å². The predicted molar refractivity (Wildman–Crippen MR) is 78.1 cm³/mol. The average molecular weight is 266 g/mol. The van der Waals surface area contributed by atoms with Gasteiger partial charge in [-0.25, -0.2) is 9.97 Å². The second-order valence-electron chi connectivity index (χ2n) is 3.80. The van der Waals surface area contributed by atoms with Gasteiger partial charge in [-0.05, 0) is 25.3 Å². The predicted octanol–water partition coefficient (Wildman–Crippen LogP) is 4.39. The van der Waals surface area contributed by atoms with E-state index in [0.29, 0.717) is 5.15 Å². The van der Waals surface area contributed by atoms with Gasteiger partial charge < -0.3 is 4.57 Å². The topological polar surface area (TPSA) is 30.7 Å². The van der Waals surface area contributed by atoms with E-state index in [1.807, 2.05) is 26.8 Å². The zero-order chi connectivity index (χ0) is 13.5. The number of nitrogens with zero attached hydrogens (tertiary/aromatic N) is 3. The minimum absolute atomic E-state index is 0.532. The van der Waals surface area contributed by atoms with Crippen LogP contribution in [0.1, 0.15) is 32.3 Å². The molecule has 4 heteroatoms. The molecule has 2 aromatic rings. The summed E-state index contributed by atoms with van der Waals surface area (Å²) in [6.45, 7) is 10.7. The van der Waals surface area contributed by atoms with Crippen molar-refractivity contribution in [1.82, 2.24) is 14.5 Å². The van der Waals surface area contributed by atoms with Gasteiger partial charge in [0.1, 0.15) is 17.1 Å². The highest BCUT2D eigenvalue weighted by atomic mass is 35.5. The summed E-state index contributed by atoms with van der Waals surface area (Å²) in [5.74, 6) is 0. The van der Waals surface area contributed by atoms with Gasteiger partial charge in [-0.2, -0.15) is 0 Å². The van der Waals surface area contributed by atoms with E-state index in [2.05, 4.69) is 27.3 Å². The Morgan fingerprint density at radius 3 is 2.78 bits per heavy atom. The molecule has 0 aliphatic carbocycles. The molecule has 3 nitrogen and oxygen atoms in total. The highest BCUT2D eigenvalue weighted by molar-refractivity contribution is 6.34. The molecule has 0 bridgehead atoms. The lowest BCUT2D eigenvalue weighted by Crippen LogP contribution is -1.97. The molecule has 0 aliphatic heterocycles.